The van der Waals surface area contributed by atoms with Crippen molar-refractivity contribution in [2.45, 2.75) is 17.6 Å². The van der Waals surface area contributed by atoms with Crippen molar-refractivity contribution >= 4 is 28.3 Å². The van der Waals surface area contributed by atoms with E-state index < -0.39 is 0 Å². The van der Waals surface area contributed by atoms with Gasteiger partial charge in [-0.3, -0.25) is 4.98 Å². The van der Waals surface area contributed by atoms with Crippen molar-refractivity contribution in [1.29, 1.82) is 0 Å². The van der Waals surface area contributed by atoms with E-state index in [-0.39, 0.29) is 0 Å². The molecule has 0 amide bonds. The summed E-state index contributed by atoms with van der Waals surface area (Å²) in [6, 6.07) is 14.6. The number of rotatable bonds is 3. The summed E-state index contributed by atoms with van der Waals surface area (Å²) in [7, 11) is 0. The molecule has 4 heteroatoms. The lowest BCUT2D eigenvalue weighted by Crippen LogP contribution is -2.17. The van der Waals surface area contributed by atoms with Gasteiger partial charge in [0.1, 0.15) is 6.20 Å². The highest BCUT2D eigenvalue weighted by Crippen LogP contribution is 2.28. The summed E-state index contributed by atoms with van der Waals surface area (Å²) in [5.41, 5.74) is 4.71. The molecule has 0 saturated carbocycles. The highest BCUT2D eigenvalue weighted by molar-refractivity contribution is 7.98. The van der Waals surface area contributed by atoms with Gasteiger partial charge < -0.3 is 0 Å². The Labute approximate surface area is 133 Å². The number of aryl methyl sites for hydroxylation is 1. The molecule has 0 atom stereocenters. The van der Waals surface area contributed by atoms with Crippen LogP contribution in [0.3, 0.4) is 0 Å². The van der Waals surface area contributed by atoms with Gasteiger partial charge in [0.2, 0.25) is 0 Å². The van der Waals surface area contributed by atoms with Crippen molar-refractivity contribution in [2.75, 3.05) is 0 Å². The molecule has 0 aliphatic heterocycles. The molecule has 0 spiro atoms. The van der Waals surface area contributed by atoms with Gasteiger partial charge >= 0.3 is 0 Å². The van der Waals surface area contributed by atoms with Crippen molar-refractivity contribution < 1.29 is 4.40 Å². The molecule has 0 fully saturated rings. The fourth-order valence-corrected chi connectivity index (χ4v) is 3.62. The maximum atomic E-state index is 4.51. The monoisotopic (exact) mass is 306 g/mol. The van der Waals surface area contributed by atoms with Crippen LogP contribution in [0.25, 0.3) is 16.6 Å². The average molecular weight is 306 g/mol. The third kappa shape index (κ3) is 2.35. The number of nitrogens with zero attached hydrogens (tertiary/aromatic N) is 2. The third-order valence-electron chi connectivity index (χ3n) is 3.78. The fraction of sp³-hybridized carbons (Fsp3) is 0.111. The van der Waals surface area contributed by atoms with Crippen LogP contribution in [0.2, 0.25) is 0 Å². The average Bonchev–Trinajstić information content (AvgIpc) is 2.97. The van der Waals surface area contributed by atoms with E-state index in [1.165, 1.54) is 21.5 Å². The second-order valence-electron chi connectivity index (χ2n) is 5.35. The number of fused-ring (bicyclic) bond motifs is 2. The number of benzene rings is 1. The van der Waals surface area contributed by atoms with Crippen molar-refractivity contribution in [2.24, 2.45) is 0 Å². The number of para-hydroxylation sites is 1. The predicted molar refractivity (Wildman–Crippen MR) is 90.0 cm³/mol. The number of hydrogen-bond donors (Lipinski definition) is 1. The molecule has 0 aliphatic carbocycles. The van der Waals surface area contributed by atoms with Crippen molar-refractivity contribution in [3.63, 3.8) is 0 Å². The van der Waals surface area contributed by atoms with Gasteiger partial charge in [0, 0.05) is 22.0 Å². The zero-order chi connectivity index (χ0) is 14.9. The van der Waals surface area contributed by atoms with Gasteiger partial charge in [-0.1, -0.05) is 18.2 Å². The zero-order valence-electron chi connectivity index (χ0n) is 12.3. The Morgan fingerprint density at radius 1 is 1.14 bits per heavy atom. The SMILES string of the molecule is Cc1ccc[n+]2cc(CSc3cccc4cccnc34)[nH]c12. The highest BCUT2D eigenvalue weighted by Gasteiger charge is 2.11. The summed E-state index contributed by atoms with van der Waals surface area (Å²) in [6.07, 6.45) is 6.09. The van der Waals surface area contributed by atoms with Crippen LogP contribution in [0.4, 0.5) is 0 Å². The van der Waals surface area contributed by atoms with E-state index in [9.17, 15) is 0 Å². The molecule has 0 radical (unpaired) electrons. The van der Waals surface area contributed by atoms with Gasteiger partial charge in [-0.05, 0) is 31.2 Å². The first-order valence-corrected chi connectivity index (χ1v) is 8.25. The van der Waals surface area contributed by atoms with Crippen LogP contribution in [0.15, 0.2) is 66.0 Å². The maximum absolute atomic E-state index is 4.51. The molecule has 1 N–H and O–H groups in total. The number of H-pyrrole nitrogens is 1. The lowest BCUT2D eigenvalue weighted by molar-refractivity contribution is -0.510. The minimum absolute atomic E-state index is 0.900. The molecule has 4 aromatic rings. The molecular weight excluding hydrogens is 290 g/mol. The Morgan fingerprint density at radius 3 is 2.95 bits per heavy atom. The summed E-state index contributed by atoms with van der Waals surface area (Å²) >= 11 is 1.82. The van der Waals surface area contributed by atoms with Crippen molar-refractivity contribution in [1.82, 2.24) is 9.97 Å². The van der Waals surface area contributed by atoms with Crippen LogP contribution >= 0.6 is 11.8 Å². The number of aromatic nitrogens is 3. The van der Waals surface area contributed by atoms with Crippen LogP contribution in [0.5, 0.6) is 0 Å². The van der Waals surface area contributed by atoms with Crippen LogP contribution < -0.4 is 4.40 Å². The number of hydrogen-bond acceptors (Lipinski definition) is 2. The molecule has 3 nitrogen and oxygen atoms in total. The Hall–Kier alpha value is -2.33. The number of aromatic amines is 1. The quantitative estimate of drug-likeness (QED) is 0.460. The zero-order valence-corrected chi connectivity index (χ0v) is 13.1. The summed E-state index contributed by atoms with van der Waals surface area (Å²) in [6.45, 7) is 2.12. The van der Waals surface area contributed by atoms with Gasteiger partial charge in [-0.2, -0.15) is 0 Å². The Bertz CT molecular complexity index is 954. The number of pyridine rings is 2. The largest absolute Gasteiger partial charge is 0.287 e. The molecule has 1 aromatic carbocycles. The summed E-state index contributed by atoms with van der Waals surface area (Å²) < 4.78 is 2.15. The van der Waals surface area contributed by atoms with Crippen molar-refractivity contribution in [3.05, 3.63) is 72.3 Å². The van der Waals surface area contributed by atoms with E-state index >= 15 is 0 Å². The van der Waals surface area contributed by atoms with Crippen LogP contribution in [-0.2, 0) is 5.75 Å². The Morgan fingerprint density at radius 2 is 2.05 bits per heavy atom. The Balaban J connectivity index is 1.64. The summed E-state index contributed by atoms with van der Waals surface area (Å²) in [5.74, 6) is 0.900. The van der Waals surface area contributed by atoms with Gasteiger partial charge in [0.05, 0.1) is 17.5 Å². The van der Waals surface area contributed by atoms with Crippen LogP contribution in [0, 0.1) is 6.92 Å². The predicted octanol–water partition coefficient (Wildman–Crippen LogP) is 3.90. The molecule has 3 aromatic heterocycles. The highest BCUT2D eigenvalue weighted by atomic mass is 32.2. The lowest BCUT2D eigenvalue weighted by atomic mass is 10.2. The molecule has 22 heavy (non-hydrogen) atoms. The first-order chi connectivity index (χ1) is 10.8. The minimum Gasteiger partial charge on any atom is -0.255 e. The second kappa shape index (κ2) is 5.46. The van der Waals surface area contributed by atoms with Gasteiger partial charge in [0.15, 0.2) is 5.69 Å². The molecule has 108 valence electrons. The molecular formula is C18H16N3S+. The topological polar surface area (TPSA) is 32.8 Å². The summed E-state index contributed by atoms with van der Waals surface area (Å²) in [5, 5.41) is 1.19. The molecule has 4 rings (SSSR count). The summed E-state index contributed by atoms with van der Waals surface area (Å²) in [4.78, 5) is 9.24. The number of nitrogens with one attached hydrogen (secondary N) is 1. The van der Waals surface area contributed by atoms with E-state index in [0.717, 1.165) is 16.9 Å². The van der Waals surface area contributed by atoms with Gasteiger partial charge in [-0.25, -0.2) is 9.38 Å². The van der Waals surface area contributed by atoms with Crippen LogP contribution in [0.1, 0.15) is 11.3 Å². The first-order valence-electron chi connectivity index (χ1n) is 7.26. The second-order valence-corrected chi connectivity index (χ2v) is 6.36. The first kappa shape index (κ1) is 13.3. The fourth-order valence-electron chi connectivity index (χ4n) is 2.68. The number of imidazole rings is 1. The number of thioether (sulfide) groups is 1. The van der Waals surface area contributed by atoms with Crippen molar-refractivity contribution in [3.8, 4) is 0 Å². The standard InChI is InChI=1S/C18H15N3S/c1-13-5-4-10-21-11-15(20-18(13)21)12-22-16-8-2-6-14-7-3-9-19-17(14)16/h2-11H,12H2,1H3/p+1. The maximum Gasteiger partial charge on any atom is 0.287 e. The molecule has 0 aliphatic rings. The van der Waals surface area contributed by atoms with E-state index in [1.807, 2.05) is 24.0 Å². The lowest BCUT2D eigenvalue weighted by Gasteiger charge is -2.03. The molecule has 0 unspecified atom stereocenters. The van der Waals surface area contributed by atoms with E-state index in [1.54, 1.807) is 0 Å². The molecule has 0 saturated heterocycles. The Kier molecular flexibility index (Phi) is 3.31. The van der Waals surface area contributed by atoms with Gasteiger partial charge in [-0.15, -0.1) is 11.8 Å². The minimum atomic E-state index is 0.900. The van der Waals surface area contributed by atoms with Crippen LogP contribution in [-0.4, -0.2) is 9.97 Å². The normalized spacial score (nSPS) is 11.3. The van der Waals surface area contributed by atoms with E-state index in [0.29, 0.717) is 0 Å². The van der Waals surface area contributed by atoms with E-state index in [4.69, 9.17) is 0 Å². The third-order valence-corrected chi connectivity index (χ3v) is 4.87. The molecule has 3 heterocycles. The molecule has 0 bridgehead atoms. The smallest absolute Gasteiger partial charge is 0.255 e. The van der Waals surface area contributed by atoms with Gasteiger partial charge in [0.25, 0.3) is 5.65 Å². The van der Waals surface area contributed by atoms with E-state index in [2.05, 4.69) is 70.1 Å².